The fourth-order valence-corrected chi connectivity index (χ4v) is 2.65. The molecule has 0 saturated heterocycles. The summed E-state index contributed by atoms with van der Waals surface area (Å²) in [7, 11) is 1.63. The first-order valence-corrected chi connectivity index (χ1v) is 7.83. The fourth-order valence-electron chi connectivity index (χ4n) is 2.65. The molecule has 0 saturated carbocycles. The third-order valence-electron chi connectivity index (χ3n) is 4.06. The predicted octanol–water partition coefficient (Wildman–Crippen LogP) is 3.69. The standard InChI is InChI=1S/C17H29NO3/c1-13-10-11-15(18-20)8-6-4-5-7-9-16(21-3)17(19)14(2)12-13/h7,9,12,14,16-17,19-20H,4-6,8,10-11H2,1-3H3/b9-7+,13-12-,18-15-/t14-,16?,17+/m1/s1. The molecule has 0 aromatic heterocycles. The highest BCUT2D eigenvalue weighted by Gasteiger charge is 2.21. The molecule has 0 spiro atoms. The highest BCUT2D eigenvalue weighted by Crippen LogP contribution is 2.18. The smallest absolute Gasteiger partial charge is 0.102 e. The molecule has 0 aromatic carbocycles. The molecular formula is C17H29NO3. The fraction of sp³-hybridized carbons (Fsp3) is 0.706. The average Bonchev–Trinajstić information content (AvgIpc) is 2.48. The van der Waals surface area contributed by atoms with Crippen LogP contribution in [0.1, 0.15) is 52.4 Å². The number of ether oxygens (including phenoxy) is 1. The molecule has 1 aliphatic carbocycles. The van der Waals surface area contributed by atoms with E-state index in [1.807, 2.05) is 13.0 Å². The van der Waals surface area contributed by atoms with E-state index in [9.17, 15) is 5.11 Å². The van der Waals surface area contributed by atoms with Crippen LogP contribution in [0.2, 0.25) is 0 Å². The SMILES string of the molecule is COC1/C=C/CCCC/C(=N/O)CC/C(C)=C\[C@@H](C)[C@@H]1O. The molecule has 4 nitrogen and oxygen atoms in total. The van der Waals surface area contributed by atoms with Crippen LogP contribution < -0.4 is 0 Å². The number of rotatable bonds is 1. The number of aliphatic hydroxyl groups is 1. The van der Waals surface area contributed by atoms with Crippen molar-refractivity contribution in [1.29, 1.82) is 0 Å². The molecular weight excluding hydrogens is 266 g/mol. The first-order valence-electron chi connectivity index (χ1n) is 7.83. The van der Waals surface area contributed by atoms with Gasteiger partial charge in [-0.2, -0.15) is 0 Å². The van der Waals surface area contributed by atoms with Crippen molar-refractivity contribution in [1.82, 2.24) is 0 Å². The molecule has 0 amide bonds. The molecule has 4 heteroatoms. The topological polar surface area (TPSA) is 62.0 Å². The van der Waals surface area contributed by atoms with Crippen molar-refractivity contribution in [3.8, 4) is 0 Å². The Hall–Kier alpha value is -1.13. The minimum Gasteiger partial charge on any atom is -0.411 e. The van der Waals surface area contributed by atoms with E-state index in [0.29, 0.717) is 0 Å². The maximum absolute atomic E-state index is 10.4. The summed E-state index contributed by atoms with van der Waals surface area (Å²) in [5.41, 5.74) is 2.07. The second kappa shape index (κ2) is 9.74. The summed E-state index contributed by atoms with van der Waals surface area (Å²) in [6.45, 7) is 4.06. The zero-order valence-electron chi connectivity index (χ0n) is 13.5. The number of oxime groups is 1. The summed E-state index contributed by atoms with van der Waals surface area (Å²) in [6, 6.07) is 0. The van der Waals surface area contributed by atoms with E-state index in [2.05, 4.69) is 24.2 Å². The van der Waals surface area contributed by atoms with Gasteiger partial charge in [0.1, 0.15) is 6.10 Å². The Labute approximate surface area is 128 Å². The number of hydrogen-bond acceptors (Lipinski definition) is 4. The molecule has 0 heterocycles. The Bertz CT molecular complexity index is 387. The summed E-state index contributed by atoms with van der Waals surface area (Å²) in [5, 5.41) is 22.8. The van der Waals surface area contributed by atoms with Gasteiger partial charge in [-0.25, -0.2) is 0 Å². The van der Waals surface area contributed by atoms with Gasteiger partial charge in [-0.3, -0.25) is 0 Å². The average molecular weight is 295 g/mol. The van der Waals surface area contributed by atoms with Gasteiger partial charge >= 0.3 is 0 Å². The Morgan fingerprint density at radius 2 is 2.00 bits per heavy atom. The van der Waals surface area contributed by atoms with Crippen LogP contribution >= 0.6 is 0 Å². The Balaban J connectivity index is 2.82. The molecule has 0 bridgehead atoms. The lowest BCUT2D eigenvalue weighted by molar-refractivity contribution is -0.00187. The molecule has 120 valence electrons. The van der Waals surface area contributed by atoms with E-state index in [4.69, 9.17) is 9.94 Å². The Morgan fingerprint density at radius 3 is 2.67 bits per heavy atom. The van der Waals surface area contributed by atoms with Gasteiger partial charge in [-0.15, -0.1) is 0 Å². The minimum atomic E-state index is -0.546. The minimum absolute atomic E-state index is 0.0251. The van der Waals surface area contributed by atoms with Crippen LogP contribution in [0.15, 0.2) is 29.0 Å². The third kappa shape index (κ3) is 6.44. The molecule has 3 atom stereocenters. The van der Waals surface area contributed by atoms with E-state index in [1.54, 1.807) is 7.11 Å². The molecule has 0 aliphatic heterocycles. The van der Waals surface area contributed by atoms with Gasteiger partial charge in [0.05, 0.1) is 11.8 Å². The maximum Gasteiger partial charge on any atom is 0.102 e. The van der Waals surface area contributed by atoms with E-state index in [-0.39, 0.29) is 12.0 Å². The van der Waals surface area contributed by atoms with Crippen LogP contribution in [0.5, 0.6) is 0 Å². The third-order valence-corrected chi connectivity index (χ3v) is 4.06. The molecule has 0 fully saturated rings. The number of hydrogen-bond donors (Lipinski definition) is 2. The molecule has 1 unspecified atom stereocenters. The van der Waals surface area contributed by atoms with Crippen molar-refractivity contribution < 1.29 is 15.1 Å². The first kappa shape index (κ1) is 17.9. The zero-order valence-corrected chi connectivity index (χ0v) is 13.5. The van der Waals surface area contributed by atoms with Crippen molar-refractivity contribution >= 4 is 5.71 Å². The van der Waals surface area contributed by atoms with Gasteiger partial charge in [0, 0.05) is 13.0 Å². The molecule has 0 radical (unpaired) electrons. The quantitative estimate of drug-likeness (QED) is 0.440. The van der Waals surface area contributed by atoms with Gasteiger partial charge in [0.2, 0.25) is 0 Å². The van der Waals surface area contributed by atoms with Gasteiger partial charge in [-0.1, -0.05) is 35.9 Å². The van der Waals surface area contributed by atoms with E-state index < -0.39 is 6.10 Å². The number of nitrogens with zero attached hydrogens (tertiary/aromatic N) is 1. The largest absolute Gasteiger partial charge is 0.411 e. The van der Waals surface area contributed by atoms with Crippen LogP contribution in [0, 0.1) is 5.92 Å². The normalized spacial score (nSPS) is 35.7. The van der Waals surface area contributed by atoms with Gasteiger partial charge in [0.25, 0.3) is 0 Å². The van der Waals surface area contributed by atoms with Crippen molar-refractivity contribution in [2.45, 2.75) is 64.6 Å². The molecule has 1 aliphatic rings. The van der Waals surface area contributed by atoms with Crippen LogP contribution in [-0.2, 0) is 4.74 Å². The summed E-state index contributed by atoms with van der Waals surface area (Å²) in [4.78, 5) is 0. The van der Waals surface area contributed by atoms with Crippen LogP contribution in [-0.4, -0.2) is 35.3 Å². The zero-order chi connectivity index (χ0) is 15.7. The lowest BCUT2D eigenvalue weighted by atomic mass is 9.94. The second-order valence-corrected chi connectivity index (χ2v) is 5.90. The summed E-state index contributed by atoms with van der Waals surface area (Å²) in [6.07, 6.45) is 10.8. The van der Waals surface area contributed by atoms with Crippen molar-refractivity contribution in [3.63, 3.8) is 0 Å². The Morgan fingerprint density at radius 1 is 1.24 bits per heavy atom. The van der Waals surface area contributed by atoms with E-state index in [1.165, 1.54) is 5.57 Å². The lowest BCUT2D eigenvalue weighted by Crippen LogP contribution is -2.31. The number of allylic oxidation sites excluding steroid dienone is 2. The van der Waals surface area contributed by atoms with Crippen LogP contribution in [0.4, 0.5) is 0 Å². The van der Waals surface area contributed by atoms with Gasteiger partial charge < -0.3 is 15.1 Å². The molecule has 21 heavy (non-hydrogen) atoms. The Kier molecular flexibility index (Phi) is 8.31. The number of aliphatic hydroxyl groups excluding tert-OH is 1. The van der Waals surface area contributed by atoms with Gasteiger partial charge in [-0.05, 0) is 45.4 Å². The monoisotopic (exact) mass is 295 g/mol. The maximum atomic E-state index is 10.4. The molecule has 0 aromatic rings. The van der Waals surface area contributed by atoms with Crippen molar-refractivity contribution in [3.05, 3.63) is 23.8 Å². The van der Waals surface area contributed by atoms with E-state index >= 15 is 0 Å². The van der Waals surface area contributed by atoms with Crippen LogP contribution in [0.3, 0.4) is 0 Å². The predicted molar refractivity (Wildman–Crippen MR) is 85.8 cm³/mol. The second-order valence-electron chi connectivity index (χ2n) is 5.90. The highest BCUT2D eigenvalue weighted by atomic mass is 16.5. The van der Waals surface area contributed by atoms with Gasteiger partial charge in [0.15, 0.2) is 0 Å². The number of methoxy groups -OCH3 is 1. The summed E-state index contributed by atoms with van der Waals surface area (Å²) >= 11 is 0. The summed E-state index contributed by atoms with van der Waals surface area (Å²) in [5.74, 6) is 0.0251. The molecule has 2 N–H and O–H groups in total. The van der Waals surface area contributed by atoms with Crippen LogP contribution in [0.25, 0.3) is 0 Å². The van der Waals surface area contributed by atoms with Crippen molar-refractivity contribution in [2.24, 2.45) is 11.1 Å². The van der Waals surface area contributed by atoms with Crippen molar-refractivity contribution in [2.75, 3.05) is 7.11 Å². The first-order chi connectivity index (χ1) is 10.1. The molecule has 1 rings (SSSR count). The van der Waals surface area contributed by atoms with E-state index in [0.717, 1.165) is 44.2 Å². The highest BCUT2D eigenvalue weighted by molar-refractivity contribution is 5.84. The summed E-state index contributed by atoms with van der Waals surface area (Å²) < 4.78 is 5.39. The lowest BCUT2D eigenvalue weighted by Gasteiger charge is -2.23.